The van der Waals surface area contributed by atoms with Crippen molar-refractivity contribution in [1.82, 2.24) is 20.2 Å². The van der Waals surface area contributed by atoms with Crippen LogP contribution in [0, 0.1) is 5.82 Å². The Balaban J connectivity index is 1.25. The molecule has 4 rings (SSSR count). The Hall–Kier alpha value is -3.55. The minimum atomic E-state index is -0.343. The van der Waals surface area contributed by atoms with Crippen molar-refractivity contribution in [1.29, 1.82) is 0 Å². The zero-order valence-corrected chi connectivity index (χ0v) is 17.6. The van der Waals surface area contributed by atoms with Crippen molar-refractivity contribution in [2.24, 2.45) is 0 Å². The summed E-state index contributed by atoms with van der Waals surface area (Å²) in [6, 6.07) is 13.2. The van der Waals surface area contributed by atoms with Crippen LogP contribution in [-0.2, 0) is 22.4 Å². The van der Waals surface area contributed by atoms with Gasteiger partial charge in [-0.15, -0.1) is 0 Å². The molecule has 1 saturated carbocycles. The molecule has 1 fully saturated rings. The molecule has 2 N–H and O–H groups in total. The largest absolute Gasteiger partial charge is 0.354 e. The van der Waals surface area contributed by atoms with Gasteiger partial charge in [-0.2, -0.15) is 0 Å². The highest BCUT2D eigenvalue weighted by molar-refractivity contribution is 5.79. The van der Waals surface area contributed by atoms with Crippen LogP contribution in [0.5, 0.6) is 0 Å². The van der Waals surface area contributed by atoms with Crippen LogP contribution in [-0.4, -0.2) is 34.5 Å². The Morgan fingerprint density at radius 1 is 1.00 bits per heavy atom. The van der Waals surface area contributed by atoms with E-state index >= 15 is 0 Å². The van der Waals surface area contributed by atoms with Gasteiger partial charge in [0.05, 0.1) is 17.3 Å². The van der Waals surface area contributed by atoms with Gasteiger partial charge in [0, 0.05) is 32.0 Å². The van der Waals surface area contributed by atoms with Gasteiger partial charge in [0.25, 0.3) is 5.56 Å². The lowest BCUT2D eigenvalue weighted by atomic mass is 10.1. The molecule has 3 aromatic rings. The van der Waals surface area contributed by atoms with Gasteiger partial charge in [0.2, 0.25) is 11.8 Å². The summed E-state index contributed by atoms with van der Waals surface area (Å²) in [5, 5.41) is 6.11. The first-order valence-electron chi connectivity index (χ1n) is 10.8. The number of nitrogens with one attached hydrogen (secondary N) is 2. The quantitative estimate of drug-likeness (QED) is 0.504. The fraction of sp³-hybridized carbons (Fsp3) is 0.333. The molecule has 1 aliphatic carbocycles. The van der Waals surface area contributed by atoms with Crippen LogP contribution in [0.15, 0.2) is 53.3 Å². The van der Waals surface area contributed by atoms with Gasteiger partial charge < -0.3 is 10.6 Å². The molecular formula is C24H25FN4O3. The van der Waals surface area contributed by atoms with Crippen LogP contribution in [0.25, 0.3) is 10.9 Å². The van der Waals surface area contributed by atoms with E-state index in [1.54, 1.807) is 22.8 Å². The molecule has 166 valence electrons. The number of hydrogen-bond acceptors (Lipinski definition) is 4. The molecule has 32 heavy (non-hydrogen) atoms. The van der Waals surface area contributed by atoms with Gasteiger partial charge in [-0.05, 0) is 42.7 Å². The number of fused-ring (bicyclic) bond motifs is 1. The highest BCUT2D eigenvalue weighted by Gasteiger charge is 2.28. The lowest BCUT2D eigenvalue weighted by Gasteiger charge is -2.13. The van der Waals surface area contributed by atoms with Gasteiger partial charge in [-0.1, -0.05) is 24.3 Å². The van der Waals surface area contributed by atoms with Crippen molar-refractivity contribution in [2.75, 3.05) is 13.1 Å². The maximum Gasteiger partial charge on any atom is 0.261 e. The smallest absolute Gasteiger partial charge is 0.261 e. The zero-order valence-electron chi connectivity index (χ0n) is 17.6. The summed E-state index contributed by atoms with van der Waals surface area (Å²) in [4.78, 5) is 41.7. The summed E-state index contributed by atoms with van der Waals surface area (Å²) < 4.78 is 14.7. The van der Waals surface area contributed by atoms with E-state index in [2.05, 4.69) is 15.6 Å². The molecule has 0 atom stereocenters. The SMILES string of the molecule is O=C(CCc1nc2ccccc2c(=O)n1C1CC1)NCCNC(=O)Cc1ccc(F)cc1. The summed E-state index contributed by atoms with van der Waals surface area (Å²) in [5.41, 5.74) is 1.32. The average Bonchev–Trinajstić information content (AvgIpc) is 3.62. The molecule has 7 nitrogen and oxygen atoms in total. The van der Waals surface area contributed by atoms with Crippen molar-refractivity contribution in [2.45, 2.75) is 38.1 Å². The van der Waals surface area contributed by atoms with E-state index in [-0.39, 0.29) is 42.1 Å². The minimum Gasteiger partial charge on any atom is -0.354 e. The topological polar surface area (TPSA) is 93.1 Å². The van der Waals surface area contributed by atoms with E-state index < -0.39 is 0 Å². The van der Waals surface area contributed by atoms with Gasteiger partial charge in [0.15, 0.2) is 0 Å². The van der Waals surface area contributed by atoms with E-state index in [0.717, 1.165) is 18.4 Å². The number of halogens is 1. The van der Waals surface area contributed by atoms with Gasteiger partial charge >= 0.3 is 0 Å². The normalized spacial score (nSPS) is 13.2. The van der Waals surface area contributed by atoms with E-state index in [1.165, 1.54) is 12.1 Å². The predicted octanol–water partition coefficient (Wildman–Crippen LogP) is 2.28. The molecule has 1 aliphatic rings. The third-order valence-corrected chi connectivity index (χ3v) is 5.42. The van der Waals surface area contributed by atoms with E-state index in [9.17, 15) is 18.8 Å². The molecule has 0 aliphatic heterocycles. The monoisotopic (exact) mass is 436 g/mol. The lowest BCUT2D eigenvalue weighted by molar-refractivity contribution is -0.122. The van der Waals surface area contributed by atoms with Crippen molar-refractivity contribution in [3.8, 4) is 0 Å². The summed E-state index contributed by atoms with van der Waals surface area (Å²) >= 11 is 0. The van der Waals surface area contributed by atoms with Crippen LogP contribution in [0.3, 0.4) is 0 Å². The van der Waals surface area contributed by atoms with E-state index in [1.807, 2.05) is 18.2 Å². The second kappa shape index (κ2) is 9.72. The van der Waals surface area contributed by atoms with Gasteiger partial charge in [-0.25, -0.2) is 9.37 Å². The standard InChI is InChI=1S/C24H25FN4O3/c25-17-7-5-16(6-8-17)15-23(31)27-14-13-26-22(30)12-11-21-28-20-4-2-1-3-19(20)24(32)29(21)18-9-10-18/h1-8,18H,9-15H2,(H,26,30)(H,27,31). The summed E-state index contributed by atoms with van der Waals surface area (Å²) in [5.74, 6) is -0.0638. The van der Waals surface area contributed by atoms with Crippen molar-refractivity contribution < 1.29 is 14.0 Å². The number of aromatic nitrogens is 2. The molecule has 2 aromatic carbocycles. The second-order valence-corrected chi connectivity index (χ2v) is 7.95. The van der Waals surface area contributed by atoms with Crippen molar-refractivity contribution >= 4 is 22.7 Å². The first-order chi connectivity index (χ1) is 15.5. The second-order valence-electron chi connectivity index (χ2n) is 7.95. The molecule has 8 heteroatoms. The number of hydrogen-bond donors (Lipinski definition) is 2. The number of nitrogens with zero attached hydrogens (tertiary/aromatic N) is 2. The van der Waals surface area contributed by atoms with Gasteiger partial charge in [-0.3, -0.25) is 19.0 Å². The summed E-state index contributed by atoms with van der Waals surface area (Å²) in [6.07, 6.45) is 2.65. The molecule has 1 aromatic heterocycles. The molecule has 0 radical (unpaired) electrons. The number of carbonyl (C=O) groups is 2. The molecule has 0 spiro atoms. The van der Waals surface area contributed by atoms with E-state index in [4.69, 9.17) is 0 Å². The molecule has 0 unspecified atom stereocenters. The van der Waals surface area contributed by atoms with Crippen LogP contribution in [0.4, 0.5) is 4.39 Å². The number of para-hydroxylation sites is 1. The summed E-state index contributed by atoms with van der Waals surface area (Å²) in [7, 11) is 0. The number of benzene rings is 2. The minimum absolute atomic E-state index is 0.0441. The van der Waals surface area contributed by atoms with Crippen LogP contribution >= 0.6 is 0 Å². The molecule has 0 bridgehead atoms. The fourth-order valence-corrected chi connectivity index (χ4v) is 3.65. The first kappa shape index (κ1) is 21.7. The van der Waals surface area contributed by atoms with Crippen molar-refractivity contribution in [3.63, 3.8) is 0 Å². The fourth-order valence-electron chi connectivity index (χ4n) is 3.65. The highest BCUT2D eigenvalue weighted by Crippen LogP contribution is 2.34. The predicted molar refractivity (Wildman–Crippen MR) is 119 cm³/mol. The zero-order chi connectivity index (χ0) is 22.5. The Morgan fingerprint density at radius 2 is 1.69 bits per heavy atom. The maximum absolute atomic E-state index is 12.9. The van der Waals surface area contributed by atoms with Gasteiger partial charge in [0.1, 0.15) is 11.6 Å². The Labute approximate surface area is 184 Å². The first-order valence-corrected chi connectivity index (χ1v) is 10.8. The van der Waals surface area contributed by atoms with Crippen LogP contribution in [0.2, 0.25) is 0 Å². The molecule has 1 heterocycles. The van der Waals surface area contributed by atoms with Crippen molar-refractivity contribution in [3.05, 3.63) is 76.1 Å². The lowest BCUT2D eigenvalue weighted by Crippen LogP contribution is -2.35. The number of amides is 2. The number of aryl methyl sites for hydroxylation is 1. The Morgan fingerprint density at radius 3 is 2.41 bits per heavy atom. The third-order valence-electron chi connectivity index (χ3n) is 5.42. The highest BCUT2D eigenvalue weighted by atomic mass is 19.1. The summed E-state index contributed by atoms with van der Waals surface area (Å²) in [6.45, 7) is 0.599. The molecular weight excluding hydrogens is 411 g/mol. The Bertz CT molecular complexity index is 1190. The molecule has 2 amide bonds. The maximum atomic E-state index is 12.9. The average molecular weight is 436 g/mol. The van der Waals surface area contributed by atoms with Crippen LogP contribution in [0.1, 0.15) is 36.7 Å². The third kappa shape index (κ3) is 5.38. The van der Waals surface area contributed by atoms with Crippen LogP contribution < -0.4 is 16.2 Å². The Kier molecular flexibility index (Phi) is 6.58. The number of rotatable bonds is 9. The number of carbonyl (C=O) groups excluding carboxylic acids is 2. The van der Waals surface area contributed by atoms with E-state index in [0.29, 0.717) is 36.2 Å². The molecule has 0 saturated heterocycles.